The number of rotatable bonds is 5. The largest absolute Gasteiger partial charge is 0.394 e. The number of nitrogens with zero attached hydrogens (tertiary/aromatic N) is 3. The van der Waals surface area contributed by atoms with E-state index < -0.39 is 0 Å². The molecule has 3 fully saturated rings. The van der Waals surface area contributed by atoms with E-state index in [1.807, 2.05) is 47.0 Å². The second-order valence-electron chi connectivity index (χ2n) is 8.57. The summed E-state index contributed by atoms with van der Waals surface area (Å²) in [6, 6.07) is 9.94. The lowest BCUT2D eigenvalue weighted by molar-refractivity contribution is -0.207. The van der Waals surface area contributed by atoms with Gasteiger partial charge in [-0.2, -0.15) is 0 Å². The van der Waals surface area contributed by atoms with E-state index in [-0.39, 0.29) is 41.8 Å². The molecule has 2 saturated heterocycles. The summed E-state index contributed by atoms with van der Waals surface area (Å²) in [7, 11) is 3.77. The molecule has 146 valence electrons. The Morgan fingerprint density at radius 2 is 1.85 bits per heavy atom. The second-order valence-corrected chi connectivity index (χ2v) is 8.57. The Hall–Kier alpha value is -1.92. The van der Waals surface area contributed by atoms with Crippen LogP contribution in [0.2, 0.25) is 0 Å². The quantitative estimate of drug-likeness (QED) is 0.836. The van der Waals surface area contributed by atoms with Crippen LogP contribution in [0.3, 0.4) is 0 Å². The molecule has 6 heteroatoms. The fourth-order valence-electron chi connectivity index (χ4n) is 5.03. The summed E-state index contributed by atoms with van der Waals surface area (Å²) in [5, 5.41) is 10.1. The first kappa shape index (κ1) is 18.4. The van der Waals surface area contributed by atoms with Crippen molar-refractivity contribution in [1.29, 1.82) is 0 Å². The molecule has 1 aromatic carbocycles. The minimum atomic E-state index is -0.358. The van der Waals surface area contributed by atoms with Gasteiger partial charge in [0, 0.05) is 24.9 Å². The van der Waals surface area contributed by atoms with E-state index in [4.69, 9.17) is 0 Å². The van der Waals surface area contributed by atoms with Crippen molar-refractivity contribution in [1.82, 2.24) is 14.7 Å². The van der Waals surface area contributed by atoms with Crippen molar-refractivity contribution in [2.24, 2.45) is 5.92 Å². The van der Waals surface area contributed by atoms with Gasteiger partial charge < -0.3 is 19.8 Å². The number of likely N-dealkylation sites (N-methyl/N-ethyl adjacent to an activating group) is 1. The summed E-state index contributed by atoms with van der Waals surface area (Å²) in [6.07, 6.45) is 3.00. The number of hydrogen-bond acceptors (Lipinski definition) is 4. The Morgan fingerprint density at radius 1 is 1.19 bits per heavy atom. The number of aliphatic hydroxyl groups excluding tert-OH is 1. The number of carbonyl (C=O) groups excluding carboxylic acids is 2. The van der Waals surface area contributed by atoms with Crippen molar-refractivity contribution in [2.45, 2.75) is 36.8 Å². The monoisotopic (exact) mass is 371 g/mol. The number of benzene rings is 1. The zero-order chi connectivity index (χ0) is 19.2. The van der Waals surface area contributed by atoms with E-state index in [1.54, 1.807) is 0 Å². The summed E-state index contributed by atoms with van der Waals surface area (Å²) >= 11 is 0. The van der Waals surface area contributed by atoms with Gasteiger partial charge in [0.1, 0.15) is 0 Å². The molecule has 0 bridgehead atoms. The molecule has 1 N–H and O–H groups in total. The van der Waals surface area contributed by atoms with Crippen LogP contribution in [0.5, 0.6) is 0 Å². The minimum absolute atomic E-state index is 0.0363. The van der Waals surface area contributed by atoms with Gasteiger partial charge in [-0.05, 0) is 32.5 Å². The van der Waals surface area contributed by atoms with E-state index in [9.17, 15) is 14.7 Å². The molecule has 2 aliphatic heterocycles. The van der Waals surface area contributed by atoms with Crippen LogP contribution in [0.1, 0.15) is 30.7 Å². The average molecular weight is 371 g/mol. The lowest BCUT2D eigenvalue weighted by Crippen LogP contribution is -2.86. The molecule has 2 atom stereocenters. The number of hydrogen-bond donors (Lipinski definition) is 1. The number of carbonyl (C=O) groups is 2. The van der Waals surface area contributed by atoms with Crippen molar-refractivity contribution >= 4 is 11.8 Å². The third-order valence-electron chi connectivity index (χ3n) is 6.55. The number of amides is 2. The normalized spacial score (nSPS) is 26.5. The molecule has 1 aliphatic carbocycles. The fourth-order valence-corrected chi connectivity index (χ4v) is 5.03. The van der Waals surface area contributed by atoms with Crippen molar-refractivity contribution in [3.05, 3.63) is 35.9 Å². The third kappa shape index (κ3) is 2.86. The molecule has 0 radical (unpaired) electrons. The van der Waals surface area contributed by atoms with E-state index in [0.29, 0.717) is 19.6 Å². The van der Waals surface area contributed by atoms with Gasteiger partial charge in [-0.1, -0.05) is 36.8 Å². The van der Waals surface area contributed by atoms with Gasteiger partial charge in [0.2, 0.25) is 11.8 Å². The minimum Gasteiger partial charge on any atom is -0.394 e. The maximum absolute atomic E-state index is 13.1. The van der Waals surface area contributed by atoms with Gasteiger partial charge in [-0.25, -0.2) is 0 Å². The summed E-state index contributed by atoms with van der Waals surface area (Å²) in [4.78, 5) is 31.2. The van der Waals surface area contributed by atoms with E-state index in [2.05, 4.69) is 12.1 Å². The predicted molar refractivity (Wildman–Crippen MR) is 102 cm³/mol. The first-order valence-corrected chi connectivity index (χ1v) is 9.89. The third-order valence-corrected chi connectivity index (χ3v) is 6.55. The second kappa shape index (κ2) is 6.91. The highest BCUT2D eigenvalue weighted by atomic mass is 16.3. The summed E-state index contributed by atoms with van der Waals surface area (Å²) in [6.45, 7) is 1.47. The Morgan fingerprint density at radius 3 is 2.37 bits per heavy atom. The fraction of sp³-hybridized carbons (Fsp3) is 0.619. The maximum Gasteiger partial charge on any atom is 0.236 e. The van der Waals surface area contributed by atoms with Crippen molar-refractivity contribution in [3.8, 4) is 0 Å². The summed E-state index contributed by atoms with van der Waals surface area (Å²) in [5.74, 6) is 0.448. The first-order valence-electron chi connectivity index (χ1n) is 9.89. The van der Waals surface area contributed by atoms with Crippen molar-refractivity contribution in [3.63, 3.8) is 0 Å². The zero-order valence-corrected chi connectivity index (χ0v) is 16.2. The topological polar surface area (TPSA) is 64.1 Å². The Kier molecular flexibility index (Phi) is 4.72. The Bertz CT molecular complexity index is 711. The van der Waals surface area contributed by atoms with Gasteiger partial charge in [0.15, 0.2) is 0 Å². The molecule has 27 heavy (non-hydrogen) atoms. The molecule has 1 aromatic rings. The summed E-state index contributed by atoms with van der Waals surface area (Å²) in [5.41, 5.74) is 0.789. The van der Waals surface area contributed by atoms with E-state index in [0.717, 1.165) is 24.8 Å². The summed E-state index contributed by atoms with van der Waals surface area (Å²) < 4.78 is 0. The standard InChI is InChI=1S/C21H29N3O3/c1-22(2)11-18(26)23-13-21(14-23)19(15-7-4-3-5-8-15)17(12-25)24(21)20(27)16-9-6-10-16/h3-5,7-8,16-17,19,25H,6,9-14H2,1-2H3/t17-,19+/m0/s1. The molecule has 0 aromatic heterocycles. The Labute approximate surface area is 160 Å². The van der Waals surface area contributed by atoms with Gasteiger partial charge in [-0.3, -0.25) is 9.59 Å². The van der Waals surface area contributed by atoms with Gasteiger partial charge >= 0.3 is 0 Å². The highest BCUT2D eigenvalue weighted by Gasteiger charge is 2.68. The van der Waals surface area contributed by atoms with Crippen LogP contribution >= 0.6 is 0 Å². The zero-order valence-electron chi connectivity index (χ0n) is 16.2. The van der Waals surface area contributed by atoms with Crippen molar-refractivity contribution < 1.29 is 14.7 Å². The predicted octanol–water partition coefficient (Wildman–Crippen LogP) is 0.916. The molecule has 0 unspecified atom stereocenters. The molecule has 2 amide bonds. The van der Waals surface area contributed by atoms with Crippen LogP contribution in [0.25, 0.3) is 0 Å². The van der Waals surface area contributed by atoms with E-state index >= 15 is 0 Å². The number of likely N-dealkylation sites (tertiary alicyclic amines) is 2. The highest BCUT2D eigenvalue weighted by Crippen LogP contribution is 2.55. The van der Waals surface area contributed by atoms with Crippen LogP contribution in [0, 0.1) is 5.92 Å². The molecule has 2 heterocycles. The number of aliphatic hydroxyl groups is 1. The van der Waals surface area contributed by atoms with Crippen LogP contribution in [0.4, 0.5) is 0 Å². The lowest BCUT2D eigenvalue weighted by atomic mass is 9.60. The van der Waals surface area contributed by atoms with Crippen LogP contribution in [-0.2, 0) is 9.59 Å². The van der Waals surface area contributed by atoms with Gasteiger partial charge in [-0.15, -0.1) is 0 Å². The lowest BCUT2D eigenvalue weighted by Gasteiger charge is -2.71. The molecule has 1 spiro atoms. The molecule has 1 saturated carbocycles. The maximum atomic E-state index is 13.1. The molecule has 4 rings (SSSR count). The first-order chi connectivity index (χ1) is 13.0. The van der Waals surface area contributed by atoms with Crippen LogP contribution in [0.15, 0.2) is 30.3 Å². The molecule has 3 aliphatic rings. The van der Waals surface area contributed by atoms with E-state index in [1.165, 1.54) is 0 Å². The Balaban J connectivity index is 1.59. The highest BCUT2D eigenvalue weighted by molar-refractivity contribution is 5.85. The molecular formula is C21H29N3O3. The smallest absolute Gasteiger partial charge is 0.236 e. The van der Waals surface area contributed by atoms with Crippen molar-refractivity contribution in [2.75, 3.05) is 40.3 Å². The van der Waals surface area contributed by atoms with Crippen LogP contribution in [-0.4, -0.2) is 83.5 Å². The van der Waals surface area contributed by atoms with Gasteiger partial charge in [0.25, 0.3) is 0 Å². The molecule has 6 nitrogen and oxygen atoms in total. The van der Waals surface area contributed by atoms with Crippen LogP contribution < -0.4 is 0 Å². The van der Waals surface area contributed by atoms with Gasteiger partial charge in [0.05, 0.1) is 24.7 Å². The molecular weight excluding hydrogens is 342 g/mol. The average Bonchev–Trinajstić information content (AvgIpc) is 2.51. The SMILES string of the molecule is CN(C)CC(=O)N1CC2(C1)[C@H](c1ccccc1)[C@H](CO)N2C(=O)C1CCC1.